The number of hydrogen-bond donors (Lipinski definition) is 1. The Labute approximate surface area is 182 Å². The van der Waals surface area contributed by atoms with Crippen LogP contribution in [-0.2, 0) is 16.1 Å². The molecule has 0 saturated carbocycles. The minimum atomic E-state index is -0.836. The molecular formula is C22H19ClFN3O4. The van der Waals surface area contributed by atoms with Gasteiger partial charge in [-0.15, -0.1) is 0 Å². The highest BCUT2D eigenvalue weighted by Gasteiger charge is 2.23. The number of esters is 1. The number of anilines is 1. The van der Waals surface area contributed by atoms with E-state index < -0.39 is 24.2 Å². The second-order valence-electron chi connectivity index (χ2n) is 6.77. The van der Waals surface area contributed by atoms with E-state index in [-0.39, 0.29) is 27.9 Å². The Hall–Kier alpha value is -3.52. The lowest BCUT2D eigenvalue weighted by atomic mass is 10.1. The van der Waals surface area contributed by atoms with Crippen molar-refractivity contribution in [2.75, 3.05) is 11.9 Å². The number of aromatic nitrogens is 2. The molecule has 0 aliphatic heterocycles. The molecule has 0 aliphatic carbocycles. The molecule has 0 unspecified atom stereocenters. The third-order valence-electron chi connectivity index (χ3n) is 4.37. The van der Waals surface area contributed by atoms with E-state index in [2.05, 4.69) is 10.4 Å². The number of aryl methyl sites for hydroxylation is 1. The number of Topliss-reactive ketones (excluding diaryl/α,β-unsaturated/α-hetero) is 1. The summed E-state index contributed by atoms with van der Waals surface area (Å²) in [7, 11) is 0. The Morgan fingerprint density at radius 3 is 2.52 bits per heavy atom. The molecule has 0 atom stereocenters. The lowest BCUT2D eigenvalue weighted by Gasteiger charge is -2.07. The number of carbonyl (C=O) groups excluding carboxylic acids is 3. The fraction of sp³-hybridized carbons (Fsp3) is 0.182. The molecule has 9 heteroatoms. The third kappa shape index (κ3) is 5.35. The zero-order valence-electron chi connectivity index (χ0n) is 16.8. The summed E-state index contributed by atoms with van der Waals surface area (Å²) in [5.74, 6) is -2.76. The predicted molar refractivity (Wildman–Crippen MR) is 113 cm³/mol. The number of ketones is 1. The van der Waals surface area contributed by atoms with Crippen molar-refractivity contribution in [3.8, 4) is 0 Å². The molecule has 0 aliphatic rings. The van der Waals surface area contributed by atoms with E-state index in [0.29, 0.717) is 12.2 Å². The van der Waals surface area contributed by atoms with Crippen molar-refractivity contribution < 1.29 is 23.5 Å². The van der Waals surface area contributed by atoms with Gasteiger partial charge in [0.15, 0.2) is 6.61 Å². The average molecular weight is 444 g/mol. The predicted octanol–water partition coefficient (Wildman–Crippen LogP) is 4.03. The molecule has 0 radical (unpaired) electrons. The van der Waals surface area contributed by atoms with E-state index in [9.17, 15) is 18.8 Å². The topological polar surface area (TPSA) is 90.3 Å². The standard InChI is InChI=1S/C22H19ClFN3O4/c1-13-20(21(23)27(26-13)11-15-6-4-3-5-7-15)22(30)31-12-19(29)17-9-8-16(10-18(17)24)25-14(2)28/h3-10H,11-12H2,1-2H3,(H,25,28). The molecule has 0 spiro atoms. The molecule has 1 heterocycles. The molecule has 3 aromatic rings. The number of halogens is 2. The quantitative estimate of drug-likeness (QED) is 0.440. The van der Waals surface area contributed by atoms with Crippen LogP contribution in [-0.4, -0.2) is 34.0 Å². The summed E-state index contributed by atoms with van der Waals surface area (Å²) in [6.07, 6.45) is 0. The lowest BCUT2D eigenvalue weighted by molar-refractivity contribution is -0.114. The van der Waals surface area contributed by atoms with E-state index in [1.807, 2.05) is 30.3 Å². The summed E-state index contributed by atoms with van der Waals surface area (Å²) in [6.45, 7) is 2.57. The average Bonchev–Trinajstić information content (AvgIpc) is 2.99. The van der Waals surface area contributed by atoms with Crippen LogP contribution in [0.4, 0.5) is 10.1 Å². The molecule has 1 amide bonds. The van der Waals surface area contributed by atoms with Gasteiger partial charge in [0.1, 0.15) is 16.5 Å². The third-order valence-corrected chi connectivity index (χ3v) is 4.75. The van der Waals surface area contributed by atoms with Crippen molar-refractivity contribution in [1.29, 1.82) is 0 Å². The van der Waals surface area contributed by atoms with Crippen LogP contribution in [0.1, 0.15) is 38.9 Å². The van der Waals surface area contributed by atoms with Crippen LogP contribution in [0, 0.1) is 12.7 Å². The number of rotatable bonds is 7. The van der Waals surface area contributed by atoms with Gasteiger partial charge >= 0.3 is 5.97 Å². The molecular weight excluding hydrogens is 425 g/mol. The Balaban J connectivity index is 1.68. The van der Waals surface area contributed by atoms with Crippen LogP contribution in [0.3, 0.4) is 0 Å². The van der Waals surface area contributed by atoms with Crippen LogP contribution in [0.15, 0.2) is 48.5 Å². The molecule has 7 nitrogen and oxygen atoms in total. The Morgan fingerprint density at radius 1 is 1.16 bits per heavy atom. The number of amides is 1. The molecule has 0 saturated heterocycles. The van der Waals surface area contributed by atoms with Gasteiger partial charge in [0, 0.05) is 12.6 Å². The summed E-state index contributed by atoms with van der Waals surface area (Å²) in [5, 5.41) is 6.77. The molecule has 1 N–H and O–H groups in total. The minimum absolute atomic E-state index is 0.0480. The van der Waals surface area contributed by atoms with Gasteiger partial charge < -0.3 is 10.1 Å². The summed E-state index contributed by atoms with van der Waals surface area (Å²) in [6, 6.07) is 13.1. The molecule has 31 heavy (non-hydrogen) atoms. The minimum Gasteiger partial charge on any atom is -0.454 e. The normalized spacial score (nSPS) is 10.6. The van der Waals surface area contributed by atoms with Crippen LogP contribution in [0.5, 0.6) is 0 Å². The van der Waals surface area contributed by atoms with Crippen LogP contribution >= 0.6 is 11.6 Å². The number of ether oxygens (including phenoxy) is 1. The number of nitrogens with zero attached hydrogens (tertiary/aromatic N) is 2. The first-order valence-corrected chi connectivity index (χ1v) is 9.68. The lowest BCUT2D eigenvalue weighted by Crippen LogP contribution is -2.16. The van der Waals surface area contributed by atoms with Crippen molar-refractivity contribution >= 4 is 34.9 Å². The first-order valence-electron chi connectivity index (χ1n) is 9.30. The van der Waals surface area contributed by atoms with E-state index in [1.165, 1.54) is 23.7 Å². The maximum atomic E-state index is 14.2. The van der Waals surface area contributed by atoms with Crippen LogP contribution < -0.4 is 5.32 Å². The first kappa shape index (κ1) is 22.2. The van der Waals surface area contributed by atoms with Gasteiger partial charge in [-0.25, -0.2) is 13.9 Å². The summed E-state index contributed by atoms with van der Waals surface area (Å²) in [4.78, 5) is 35.8. The van der Waals surface area contributed by atoms with E-state index in [0.717, 1.165) is 11.6 Å². The van der Waals surface area contributed by atoms with E-state index in [1.54, 1.807) is 6.92 Å². The summed E-state index contributed by atoms with van der Waals surface area (Å²) in [5.41, 5.74) is 1.30. The van der Waals surface area contributed by atoms with Crippen molar-refractivity contribution in [1.82, 2.24) is 9.78 Å². The smallest absolute Gasteiger partial charge is 0.343 e. The highest BCUT2D eigenvalue weighted by molar-refractivity contribution is 6.32. The Bertz CT molecular complexity index is 1150. The van der Waals surface area contributed by atoms with Gasteiger partial charge in [0.2, 0.25) is 11.7 Å². The van der Waals surface area contributed by atoms with Gasteiger partial charge in [-0.2, -0.15) is 5.10 Å². The van der Waals surface area contributed by atoms with Crippen LogP contribution in [0.2, 0.25) is 5.15 Å². The number of benzene rings is 2. The summed E-state index contributed by atoms with van der Waals surface area (Å²) >= 11 is 6.31. The highest BCUT2D eigenvalue weighted by Crippen LogP contribution is 2.22. The van der Waals surface area contributed by atoms with Crippen molar-refractivity contribution in [3.05, 3.63) is 81.9 Å². The van der Waals surface area contributed by atoms with Crippen molar-refractivity contribution in [2.24, 2.45) is 0 Å². The van der Waals surface area contributed by atoms with Gasteiger partial charge in [0.05, 0.1) is 17.8 Å². The fourth-order valence-electron chi connectivity index (χ4n) is 2.95. The molecule has 0 bridgehead atoms. The Morgan fingerprint density at radius 2 is 1.87 bits per heavy atom. The van der Waals surface area contributed by atoms with E-state index >= 15 is 0 Å². The number of nitrogens with one attached hydrogen (secondary N) is 1. The van der Waals surface area contributed by atoms with Gasteiger partial charge in [-0.3, -0.25) is 9.59 Å². The first-order chi connectivity index (χ1) is 14.8. The SMILES string of the molecule is CC(=O)Nc1ccc(C(=O)COC(=O)c2c(C)nn(Cc3ccccc3)c2Cl)c(F)c1. The number of hydrogen-bond acceptors (Lipinski definition) is 5. The molecule has 1 aromatic heterocycles. The maximum Gasteiger partial charge on any atom is 0.343 e. The second kappa shape index (κ2) is 9.53. The fourth-order valence-corrected chi connectivity index (χ4v) is 3.26. The van der Waals surface area contributed by atoms with Gasteiger partial charge in [-0.05, 0) is 30.7 Å². The molecule has 3 rings (SSSR count). The van der Waals surface area contributed by atoms with Gasteiger partial charge in [0.25, 0.3) is 0 Å². The molecule has 2 aromatic carbocycles. The highest BCUT2D eigenvalue weighted by atomic mass is 35.5. The molecule has 0 fully saturated rings. The summed E-state index contributed by atoms with van der Waals surface area (Å²) < 4.78 is 20.7. The van der Waals surface area contributed by atoms with Crippen LogP contribution in [0.25, 0.3) is 0 Å². The van der Waals surface area contributed by atoms with Crippen molar-refractivity contribution in [2.45, 2.75) is 20.4 Å². The monoisotopic (exact) mass is 443 g/mol. The molecule has 160 valence electrons. The maximum absolute atomic E-state index is 14.2. The Kier molecular flexibility index (Phi) is 6.81. The number of carbonyl (C=O) groups is 3. The zero-order valence-corrected chi connectivity index (χ0v) is 17.6. The van der Waals surface area contributed by atoms with Crippen molar-refractivity contribution in [3.63, 3.8) is 0 Å². The van der Waals surface area contributed by atoms with Gasteiger partial charge in [-0.1, -0.05) is 41.9 Å². The largest absolute Gasteiger partial charge is 0.454 e. The zero-order chi connectivity index (χ0) is 22.5. The van der Waals surface area contributed by atoms with E-state index in [4.69, 9.17) is 16.3 Å². The second-order valence-corrected chi connectivity index (χ2v) is 7.13.